The van der Waals surface area contributed by atoms with E-state index in [1.165, 1.54) is 5.56 Å². The molecule has 1 saturated heterocycles. The van der Waals surface area contributed by atoms with Crippen molar-refractivity contribution >= 4 is 10.9 Å². The van der Waals surface area contributed by atoms with E-state index < -0.39 is 0 Å². The van der Waals surface area contributed by atoms with Crippen molar-refractivity contribution < 1.29 is 0 Å². The molecule has 3 aromatic rings. The molecule has 1 aliphatic heterocycles. The molecule has 0 radical (unpaired) electrons. The molecule has 28 heavy (non-hydrogen) atoms. The Morgan fingerprint density at radius 3 is 2.71 bits per heavy atom. The highest BCUT2D eigenvalue weighted by Crippen LogP contribution is 2.25. The minimum Gasteiger partial charge on any atom is -0.312 e. The predicted molar refractivity (Wildman–Crippen MR) is 114 cm³/mol. The summed E-state index contributed by atoms with van der Waals surface area (Å²) in [5.41, 5.74) is 3.95. The zero-order chi connectivity index (χ0) is 19.8. The monoisotopic (exact) mass is 376 g/mol. The molecular formula is C23H28N4O. The molecule has 1 aromatic heterocycles. The maximum atomic E-state index is 13.5. The van der Waals surface area contributed by atoms with Gasteiger partial charge in [-0.25, -0.2) is 4.98 Å². The van der Waals surface area contributed by atoms with Crippen molar-refractivity contribution in [2.24, 2.45) is 0 Å². The number of benzene rings is 2. The summed E-state index contributed by atoms with van der Waals surface area (Å²) in [6.07, 6.45) is 0. The van der Waals surface area contributed by atoms with E-state index in [2.05, 4.69) is 50.0 Å². The Morgan fingerprint density at radius 2 is 1.96 bits per heavy atom. The van der Waals surface area contributed by atoms with E-state index in [1.54, 1.807) is 0 Å². The second-order valence-corrected chi connectivity index (χ2v) is 7.94. The van der Waals surface area contributed by atoms with Crippen LogP contribution in [0, 0.1) is 13.8 Å². The van der Waals surface area contributed by atoms with Crippen molar-refractivity contribution in [1.82, 2.24) is 19.8 Å². The fraction of sp³-hybridized carbons (Fsp3) is 0.391. The summed E-state index contributed by atoms with van der Waals surface area (Å²) >= 11 is 0. The van der Waals surface area contributed by atoms with Gasteiger partial charge in [0.2, 0.25) is 0 Å². The molecule has 1 fully saturated rings. The van der Waals surface area contributed by atoms with Crippen LogP contribution in [-0.2, 0) is 0 Å². The normalized spacial score (nSPS) is 19.1. The van der Waals surface area contributed by atoms with Gasteiger partial charge in [0.15, 0.2) is 0 Å². The van der Waals surface area contributed by atoms with Crippen molar-refractivity contribution in [2.45, 2.75) is 39.8 Å². The Hall–Kier alpha value is -2.50. The Bertz CT molecular complexity index is 1070. The molecule has 1 N–H and O–H groups in total. The molecule has 2 aromatic carbocycles. The van der Waals surface area contributed by atoms with Crippen LogP contribution in [0.5, 0.6) is 0 Å². The lowest BCUT2D eigenvalue weighted by Gasteiger charge is -2.36. The van der Waals surface area contributed by atoms with Crippen molar-refractivity contribution in [3.63, 3.8) is 0 Å². The van der Waals surface area contributed by atoms with Crippen LogP contribution in [0.15, 0.2) is 47.3 Å². The predicted octanol–water partition coefficient (Wildman–Crippen LogP) is 3.36. The topological polar surface area (TPSA) is 50.2 Å². The first-order valence-electron chi connectivity index (χ1n) is 10.0. The number of piperazine rings is 1. The molecule has 5 nitrogen and oxygen atoms in total. The molecule has 146 valence electrons. The third-order valence-corrected chi connectivity index (χ3v) is 5.72. The number of nitrogens with zero attached hydrogens (tertiary/aromatic N) is 3. The molecule has 2 heterocycles. The van der Waals surface area contributed by atoms with Crippen LogP contribution in [0.2, 0.25) is 0 Å². The van der Waals surface area contributed by atoms with Gasteiger partial charge in [0.1, 0.15) is 5.82 Å². The fourth-order valence-corrected chi connectivity index (χ4v) is 4.20. The zero-order valence-corrected chi connectivity index (χ0v) is 17.1. The summed E-state index contributed by atoms with van der Waals surface area (Å²) in [4.78, 5) is 20.9. The molecule has 0 bridgehead atoms. The first-order valence-corrected chi connectivity index (χ1v) is 10.0. The standard InChI is InChI=1S/C23H28N4O/c1-15-9-10-21(16(2)13-15)27-22(18(4)26-12-11-24-17(3)14-26)25-20-8-6-5-7-19(20)23(27)28/h5-10,13,17-18,24H,11-12,14H2,1-4H3/t17-,18+/m1/s1. The van der Waals surface area contributed by atoms with Gasteiger partial charge in [-0.3, -0.25) is 14.3 Å². The lowest BCUT2D eigenvalue weighted by Crippen LogP contribution is -2.50. The van der Waals surface area contributed by atoms with Crippen LogP contribution < -0.4 is 10.9 Å². The van der Waals surface area contributed by atoms with Gasteiger partial charge in [-0.2, -0.15) is 0 Å². The number of fused-ring (bicyclic) bond motifs is 1. The van der Waals surface area contributed by atoms with Crippen LogP contribution in [0.4, 0.5) is 0 Å². The summed E-state index contributed by atoms with van der Waals surface area (Å²) < 4.78 is 1.83. The molecule has 2 atom stereocenters. The number of aromatic nitrogens is 2. The highest BCUT2D eigenvalue weighted by molar-refractivity contribution is 5.78. The molecule has 0 spiro atoms. The van der Waals surface area contributed by atoms with Crippen molar-refractivity contribution in [1.29, 1.82) is 0 Å². The van der Waals surface area contributed by atoms with Gasteiger partial charge in [0, 0.05) is 25.7 Å². The minimum atomic E-state index is 0.00239. The van der Waals surface area contributed by atoms with Gasteiger partial charge in [-0.05, 0) is 51.5 Å². The van der Waals surface area contributed by atoms with Crippen molar-refractivity contribution in [3.05, 3.63) is 69.8 Å². The Morgan fingerprint density at radius 1 is 1.18 bits per heavy atom. The summed E-state index contributed by atoms with van der Waals surface area (Å²) in [7, 11) is 0. The number of hydrogen-bond donors (Lipinski definition) is 1. The summed E-state index contributed by atoms with van der Waals surface area (Å²) in [6.45, 7) is 11.3. The van der Waals surface area contributed by atoms with Gasteiger partial charge >= 0.3 is 0 Å². The fourth-order valence-electron chi connectivity index (χ4n) is 4.20. The van der Waals surface area contributed by atoms with Crippen LogP contribution in [-0.4, -0.2) is 40.1 Å². The Kier molecular flexibility index (Phi) is 5.04. The van der Waals surface area contributed by atoms with Gasteiger partial charge in [-0.15, -0.1) is 0 Å². The number of hydrogen-bond acceptors (Lipinski definition) is 4. The van der Waals surface area contributed by atoms with Gasteiger partial charge in [0.25, 0.3) is 5.56 Å². The minimum absolute atomic E-state index is 0.00239. The van der Waals surface area contributed by atoms with Crippen LogP contribution in [0.1, 0.15) is 36.8 Å². The molecule has 0 aliphatic carbocycles. The lowest BCUT2D eigenvalue weighted by atomic mass is 10.1. The number of nitrogens with one attached hydrogen (secondary N) is 1. The van der Waals surface area contributed by atoms with Gasteiger partial charge < -0.3 is 5.32 Å². The smallest absolute Gasteiger partial charge is 0.266 e. The SMILES string of the molecule is Cc1ccc(-n2c([C@H](C)N3CCN[C@H](C)C3)nc3ccccc3c2=O)c(C)c1. The first-order chi connectivity index (χ1) is 13.5. The van der Waals surface area contributed by atoms with E-state index in [0.717, 1.165) is 42.2 Å². The third kappa shape index (κ3) is 3.36. The summed E-state index contributed by atoms with van der Waals surface area (Å²) in [6, 6.07) is 14.3. The molecule has 5 heteroatoms. The molecule has 4 rings (SSSR count). The van der Waals surface area contributed by atoms with E-state index in [-0.39, 0.29) is 11.6 Å². The average molecular weight is 377 g/mol. The van der Waals surface area contributed by atoms with E-state index >= 15 is 0 Å². The Balaban J connectivity index is 1.94. The van der Waals surface area contributed by atoms with E-state index in [9.17, 15) is 4.79 Å². The van der Waals surface area contributed by atoms with Gasteiger partial charge in [-0.1, -0.05) is 29.8 Å². The second-order valence-electron chi connectivity index (χ2n) is 7.94. The van der Waals surface area contributed by atoms with Crippen LogP contribution in [0.25, 0.3) is 16.6 Å². The molecule has 1 aliphatic rings. The summed E-state index contributed by atoms with van der Waals surface area (Å²) in [5, 5.41) is 4.15. The van der Waals surface area contributed by atoms with E-state index in [0.29, 0.717) is 11.4 Å². The summed E-state index contributed by atoms with van der Waals surface area (Å²) in [5.74, 6) is 0.810. The second kappa shape index (κ2) is 7.49. The molecular weight excluding hydrogens is 348 g/mol. The van der Waals surface area contributed by atoms with Crippen molar-refractivity contribution in [2.75, 3.05) is 19.6 Å². The molecule has 0 amide bonds. The lowest BCUT2D eigenvalue weighted by molar-refractivity contribution is 0.152. The molecule has 0 saturated carbocycles. The quantitative estimate of drug-likeness (QED) is 0.762. The largest absolute Gasteiger partial charge is 0.312 e. The number of rotatable bonds is 3. The maximum Gasteiger partial charge on any atom is 0.266 e. The van der Waals surface area contributed by atoms with Crippen LogP contribution in [0.3, 0.4) is 0 Å². The zero-order valence-electron chi connectivity index (χ0n) is 17.1. The van der Waals surface area contributed by atoms with Crippen LogP contribution >= 0.6 is 0 Å². The average Bonchev–Trinajstić information content (AvgIpc) is 2.68. The third-order valence-electron chi connectivity index (χ3n) is 5.72. The highest BCUT2D eigenvalue weighted by atomic mass is 16.1. The van der Waals surface area contributed by atoms with E-state index in [1.807, 2.05) is 34.9 Å². The number of aryl methyl sites for hydroxylation is 2. The maximum absolute atomic E-state index is 13.5. The van der Waals surface area contributed by atoms with Gasteiger partial charge in [0.05, 0.1) is 22.6 Å². The van der Waals surface area contributed by atoms with E-state index in [4.69, 9.17) is 4.98 Å². The Labute approximate surface area is 166 Å². The highest BCUT2D eigenvalue weighted by Gasteiger charge is 2.26. The number of para-hydroxylation sites is 1. The van der Waals surface area contributed by atoms with Crippen molar-refractivity contribution in [3.8, 4) is 5.69 Å². The first kappa shape index (κ1) is 18.8. The molecule has 0 unspecified atom stereocenters.